The van der Waals surface area contributed by atoms with Gasteiger partial charge in [-0.2, -0.15) is 5.26 Å². The highest BCUT2D eigenvalue weighted by Gasteiger charge is 2.09. The van der Waals surface area contributed by atoms with E-state index in [1.165, 1.54) is 0 Å². The highest BCUT2D eigenvalue weighted by Crippen LogP contribution is 2.32. The smallest absolute Gasteiger partial charge is 0.0962 e. The van der Waals surface area contributed by atoms with Crippen LogP contribution in [0.1, 0.15) is 18.9 Å². The van der Waals surface area contributed by atoms with Crippen LogP contribution in [-0.4, -0.2) is 0 Å². The second-order valence-electron chi connectivity index (χ2n) is 2.88. The molecule has 0 radical (unpaired) electrons. The molecule has 1 aromatic rings. The van der Waals surface area contributed by atoms with Crippen LogP contribution in [0.3, 0.4) is 0 Å². The second-order valence-corrected chi connectivity index (χ2v) is 4.58. The van der Waals surface area contributed by atoms with E-state index in [4.69, 9.17) is 28.5 Å². The molecule has 15 heavy (non-hydrogen) atoms. The van der Waals surface area contributed by atoms with Crippen LogP contribution in [0.25, 0.3) is 5.03 Å². The lowest BCUT2D eigenvalue weighted by molar-refractivity contribution is 1.16. The molecule has 0 aliphatic rings. The molecule has 0 amide bonds. The summed E-state index contributed by atoms with van der Waals surface area (Å²) in [6.45, 7) is 1.88. The number of allylic oxidation sites excluding steroid dienone is 1. The number of halogens is 3. The molecule has 0 N–H and O–H groups in total. The number of hydrogen-bond donors (Lipinski definition) is 0. The first kappa shape index (κ1) is 12.6. The van der Waals surface area contributed by atoms with Crippen LogP contribution in [-0.2, 0) is 0 Å². The zero-order valence-corrected chi connectivity index (χ0v) is 11.1. The normalized spacial score (nSPS) is 11.9. The van der Waals surface area contributed by atoms with Gasteiger partial charge in [0.1, 0.15) is 0 Å². The van der Waals surface area contributed by atoms with Crippen molar-refractivity contribution in [3.8, 4) is 6.07 Å². The zero-order chi connectivity index (χ0) is 11.4. The number of nitrogens with zero attached hydrogens (tertiary/aromatic N) is 1. The SMILES string of the molecule is CC/C(C#N)=C(/Cl)c1ccc(Br)cc1Cl. The highest BCUT2D eigenvalue weighted by molar-refractivity contribution is 9.10. The maximum absolute atomic E-state index is 8.86. The Bertz CT molecular complexity index is 446. The van der Waals surface area contributed by atoms with Gasteiger partial charge >= 0.3 is 0 Å². The maximum Gasteiger partial charge on any atom is 0.0962 e. The van der Waals surface area contributed by atoms with Gasteiger partial charge in [0.25, 0.3) is 0 Å². The van der Waals surface area contributed by atoms with Gasteiger partial charge in [-0.1, -0.05) is 52.1 Å². The Morgan fingerprint density at radius 3 is 2.67 bits per heavy atom. The average molecular weight is 305 g/mol. The van der Waals surface area contributed by atoms with Crippen molar-refractivity contribution in [3.63, 3.8) is 0 Å². The first-order valence-corrected chi connectivity index (χ1v) is 5.89. The standard InChI is InChI=1S/C11H8BrCl2N/c1-2-7(6-15)11(14)9-4-3-8(12)5-10(9)13/h3-5H,2H2,1H3/b11-7-. The van der Waals surface area contributed by atoms with E-state index in [2.05, 4.69) is 22.0 Å². The lowest BCUT2D eigenvalue weighted by Gasteiger charge is -2.05. The Kier molecular flexibility index (Phi) is 4.66. The van der Waals surface area contributed by atoms with Crippen LogP contribution in [0.2, 0.25) is 5.02 Å². The molecule has 0 heterocycles. The number of hydrogen-bond acceptors (Lipinski definition) is 1. The topological polar surface area (TPSA) is 23.8 Å². The van der Waals surface area contributed by atoms with Gasteiger partial charge in [0.15, 0.2) is 0 Å². The van der Waals surface area contributed by atoms with Gasteiger partial charge in [-0.15, -0.1) is 0 Å². The van der Waals surface area contributed by atoms with Crippen molar-refractivity contribution in [3.05, 3.63) is 38.8 Å². The van der Waals surface area contributed by atoms with Crippen LogP contribution < -0.4 is 0 Å². The van der Waals surface area contributed by atoms with Crippen LogP contribution in [0, 0.1) is 11.3 Å². The molecule has 0 saturated heterocycles. The molecule has 0 fully saturated rings. The summed E-state index contributed by atoms with van der Waals surface area (Å²) in [5, 5.41) is 9.82. The van der Waals surface area contributed by atoms with Crippen molar-refractivity contribution in [2.24, 2.45) is 0 Å². The minimum atomic E-state index is 0.428. The van der Waals surface area contributed by atoms with E-state index >= 15 is 0 Å². The molecule has 0 atom stereocenters. The summed E-state index contributed by atoms with van der Waals surface area (Å²) >= 11 is 15.4. The molecule has 0 saturated carbocycles. The fraction of sp³-hybridized carbons (Fsp3) is 0.182. The van der Waals surface area contributed by atoms with E-state index < -0.39 is 0 Å². The molecule has 1 rings (SSSR count). The van der Waals surface area contributed by atoms with Crippen molar-refractivity contribution < 1.29 is 0 Å². The summed E-state index contributed by atoms with van der Waals surface area (Å²) in [7, 11) is 0. The zero-order valence-electron chi connectivity index (χ0n) is 8.02. The quantitative estimate of drug-likeness (QED) is 0.706. The predicted molar refractivity (Wildman–Crippen MR) is 67.8 cm³/mol. The first-order chi connectivity index (χ1) is 7.10. The second kappa shape index (κ2) is 5.55. The van der Waals surface area contributed by atoms with Gasteiger partial charge in [-0.3, -0.25) is 0 Å². The van der Waals surface area contributed by atoms with Crippen molar-refractivity contribution in [1.82, 2.24) is 0 Å². The third-order valence-corrected chi connectivity index (χ3v) is 3.16. The van der Waals surface area contributed by atoms with Crippen molar-refractivity contribution in [1.29, 1.82) is 5.26 Å². The summed E-state index contributed by atoms with van der Waals surface area (Å²) in [4.78, 5) is 0. The third-order valence-electron chi connectivity index (χ3n) is 1.92. The molecule has 0 aliphatic carbocycles. The summed E-state index contributed by atoms with van der Waals surface area (Å²) in [6.07, 6.45) is 0.599. The van der Waals surface area contributed by atoms with E-state index in [1.54, 1.807) is 12.1 Å². The number of benzene rings is 1. The van der Waals surface area contributed by atoms with Crippen LogP contribution in [0.15, 0.2) is 28.2 Å². The molecular formula is C11H8BrCl2N. The van der Waals surface area contributed by atoms with Gasteiger partial charge in [-0.05, 0) is 18.6 Å². The number of rotatable bonds is 2. The Morgan fingerprint density at radius 1 is 1.53 bits per heavy atom. The van der Waals surface area contributed by atoms with Gasteiger partial charge in [0, 0.05) is 15.6 Å². The molecule has 0 spiro atoms. The Balaban J connectivity index is 3.29. The van der Waals surface area contributed by atoms with E-state index in [0.717, 1.165) is 4.47 Å². The van der Waals surface area contributed by atoms with Crippen molar-refractivity contribution >= 4 is 44.2 Å². The molecule has 0 bridgehead atoms. The molecule has 1 aromatic carbocycles. The molecule has 0 aromatic heterocycles. The number of nitriles is 1. The fourth-order valence-electron chi connectivity index (χ4n) is 1.11. The minimum Gasteiger partial charge on any atom is -0.193 e. The maximum atomic E-state index is 8.86. The monoisotopic (exact) mass is 303 g/mol. The van der Waals surface area contributed by atoms with Crippen molar-refractivity contribution in [2.45, 2.75) is 13.3 Å². The lowest BCUT2D eigenvalue weighted by Crippen LogP contribution is -1.85. The largest absolute Gasteiger partial charge is 0.193 e. The summed E-state index contributed by atoms with van der Waals surface area (Å²) in [5.41, 5.74) is 1.24. The van der Waals surface area contributed by atoms with Crippen LogP contribution >= 0.6 is 39.1 Å². The third kappa shape index (κ3) is 2.98. The molecule has 78 valence electrons. The lowest BCUT2D eigenvalue weighted by atomic mass is 10.1. The molecule has 0 unspecified atom stereocenters. The highest BCUT2D eigenvalue weighted by atomic mass is 79.9. The van der Waals surface area contributed by atoms with Gasteiger partial charge in [0.05, 0.1) is 16.1 Å². The Labute approximate surface area is 107 Å². The summed E-state index contributed by atoms with van der Waals surface area (Å²) in [6, 6.07) is 7.46. The van der Waals surface area contributed by atoms with Crippen LogP contribution in [0.4, 0.5) is 0 Å². The van der Waals surface area contributed by atoms with Crippen LogP contribution in [0.5, 0.6) is 0 Å². The van der Waals surface area contributed by atoms with Gasteiger partial charge < -0.3 is 0 Å². The van der Waals surface area contributed by atoms with Crippen molar-refractivity contribution in [2.75, 3.05) is 0 Å². The molecule has 0 aliphatic heterocycles. The molecule has 1 nitrogen and oxygen atoms in total. The average Bonchev–Trinajstić information content (AvgIpc) is 2.19. The van der Waals surface area contributed by atoms with E-state index in [0.29, 0.717) is 27.6 Å². The minimum absolute atomic E-state index is 0.428. The van der Waals surface area contributed by atoms with E-state index in [-0.39, 0.29) is 0 Å². The predicted octanol–water partition coefficient (Wildman–Crippen LogP) is 4.99. The summed E-state index contributed by atoms with van der Waals surface area (Å²) < 4.78 is 0.885. The van der Waals surface area contributed by atoms with Gasteiger partial charge in [0.2, 0.25) is 0 Å². The summed E-state index contributed by atoms with van der Waals surface area (Å²) in [5.74, 6) is 0. The van der Waals surface area contributed by atoms with Gasteiger partial charge in [-0.25, -0.2) is 0 Å². The van der Waals surface area contributed by atoms with E-state index in [9.17, 15) is 0 Å². The molecule has 4 heteroatoms. The molecular weight excluding hydrogens is 297 g/mol. The Morgan fingerprint density at radius 2 is 2.20 bits per heavy atom. The Hall–Kier alpha value is -0.490. The fourth-order valence-corrected chi connectivity index (χ4v) is 2.27. The van der Waals surface area contributed by atoms with E-state index in [1.807, 2.05) is 13.0 Å². The first-order valence-electron chi connectivity index (χ1n) is 4.34.